The summed E-state index contributed by atoms with van der Waals surface area (Å²) in [4.78, 5) is 51.5. The first-order valence-electron chi connectivity index (χ1n) is 11.6. The lowest BCUT2D eigenvalue weighted by Gasteiger charge is -2.35. The van der Waals surface area contributed by atoms with Gasteiger partial charge in [0.2, 0.25) is 5.91 Å². The van der Waals surface area contributed by atoms with E-state index in [0.717, 1.165) is 0 Å². The number of aliphatic hydroxyl groups excluding tert-OH is 1. The number of aliphatic hydroxyl groups is 1. The van der Waals surface area contributed by atoms with Gasteiger partial charge in [0.1, 0.15) is 6.04 Å². The van der Waals surface area contributed by atoms with E-state index in [1.165, 1.54) is 43.2 Å². The Morgan fingerprint density at radius 1 is 1.24 bits per heavy atom. The number of benzene rings is 2. The van der Waals surface area contributed by atoms with Gasteiger partial charge >= 0.3 is 12.2 Å². The average molecular weight is 531 g/mol. The van der Waals surface area contributed by atoms with Gasteiger partial charge in [-0.05, 0) is 49.4 Å². The summed E-state index contributed by atoms with van der Waals surface area (Å²) in [5, 5.41) is 18.3. The number of nitrogens with zero attached hydrogens (tertiary/aromatic N) is 1. The Balaban J connectivity index is 1.49. The second-order valence-corrected chi connectivity index (χ2v) is 9.45. The van der Waals surface area contributed by atoms with Gasteiger partial charge in [-0.1, -0.05) is 11.6 Å². The van der Waals surface area contributed by atoms with Crippen molar-refractivity contribution in [1.82, 2.24) is 10.2 Å². The molecule has 0 saturated carbocycles. The number of amides is 4. The molecule has 3 atom stereocenters. The van der Waals surface area contributed by atoms with Gasteiger partial charge in [-0.3, -0.25) is 20.2 Å². The van der Waals surface area contributed by atoms with E-state index in [-0.39, 0.29) is 25.1 Å². The van der Waals surface area contributed by atoms with E-state index in [4.69, 9.17) is 16.3 Å². The zero-order valence-corrected chi connectivity index (χ0v) is 21.0. The first-order valence-corrected chi connectivity index (χ1v) is 12.0. The minimum absolute atomic E-state index is 0.0141. The molecule has 0 aromatic heterocycles. The van der Waals surface area contributed by atoms with E-state index in [2.05, 4.69) is 20.7 Å². The molecule has 2 heterocycles. The van der Waals surface area contributed by atoms with E-state index in [0.29, 0.717) is 28.4 Å². The van der Waals surface area contributed by atoms with E-state index in [9.17, 15) is 24.3 Å². The minimum Gasteiger partial charge on any atom is -0.453 e. The van der Waals surface area contributed by atoms with Gasteiger partial charge in [0.15, 0.2) is 5.60 Å². The van der Waals surface area contributed by atoms with Gasteiger partial charge in [-0.15, -0.1) is 0 Å². The zero-order chi connectivity index (χ0) is 26.7. The quantitative estimate of drug-likeness (QED) is 0.449. The smallest absolute Gasteiger partial charge is 0.412 e. The summed E-state index contributed by atoms with van der Waals surface area (Å²) in [6.07, 6.45) is -1.80. The highest BCUT2D eigenvalue weighted by Crippen LogP contribution is 2.43. The van der Waals surface area contributed by atoms with Crippen molar-refractivity contribution in [2.75, 3.05) is 30.8 Å². The van der Waals surface area contributed by atoms with Crippen molar-refractivity contribution in [3.05, 3.63) is 58.6 Å². The number of carbonyl (C=O) groups excluding carboxylic acids is 4. The third kappa shape index (κ3) is 5.78. The van der Waals surface area contributed by atoms with Crippen molar-refractivity contribution in [3.63, 3.8) is 0 Å². The molecule has 1 fully saturated rings. The summed E-state index contributed by atoms with van der Waals surface area (Å²) < 4.78 is 10.2. The average Bonchev–Trinajstić information content (AvgIpc) is 3.27. The summed E-state index contributed by atoms with van der Waals surface area (Å²) in [5.41, 5.74) is 0.854. The highest BCUT2D eigenvalue weighted by Gasteiger charge is 2.49. The number of methoxy groups -OCH3 is 1. The van der Waals surface area contributed by atoms with Crippen molar-refractivity contribution in [1.29, 1.82) is 0 Å². The topological polar surface area (TPSA) is 146 Å². The van der Waals surface area contributed by atoms with Gasteiger partial charge in [-0.2, -0.15) is 0 Å². The maximum atomic E-state index is 13.5. The van der Waals surface area contributed by atoms with Crippen molar-refractivity contribution >= 4 is 47.0 Å². The van der Waals surface area contributed by atoms with Crippen LogP contribution >= 0.6 is 11.6 Å². The third-order valence-electron chi connectivity index (χ3n) is 6.30. The van der Waals surface area contributed by atoms with Gasteiger partial charge in [-0.25, -0.2) is 9.59 Å². The molecule has 2 aliphatic rings. The molecule has 0 radical (unpaired) electrons. The number of likely N-dealkylation sites (tertiary alicyclic amines) is 1. The van der Waals surface area contributed by atoms with E-state index in [1.807, 2.05) is 0 Å². The normalized spacial score (nSPS) is 19.8. The number of hydrogen-bond acceptors (Lipinski definition) is 7. The number of halogens is 1. The fourth-order valence-corrected chi connectivity index (χ4v) is 4.71. The standard InChI is InChI=1S/C25H27ClN4O7/c1-14(31)11-20(28-21(32)15-3-6-17(7-4-15)27-23(34)36-2)22(33)30-10-9-25(13-30)18-12-16(26)5-8-19(18)29-24(35)37-25/h3-8,12,14,20,31H,9-11,13H2,1-2H3,(H,27,34)(H,28,32)(H,29,35). The number of carbonyl (C=O) groups is 4. The lowest BCUT2D eigenvalue weighted by molar-refractivity contribution is -0.134. The second-order valence-electron chi connectivity index (χ2n) is 9.01. The fourth-order valence-electron chi connectivity index (χ4n) is 4.54. The van der Waals surface area contributed by atoms with Crippen molar-refractivity contribution < 1.29 is 33.8 Å². The van der Waals surface area contributed by atoms with Crippen LogP contribution < -0.4 is 16.0 Å². The number of nitrogens with one attached hydrogen (secondary N) is 3. The molecule has 196 valence electrons. The maximum Gasteiger partial charge on any atom is 0.412 e. The number of rotatable bonds is 6. The van der Waals surface area contributed by atoms with Crippen LogP contribution in [0.2, 0.25) is 5.02 Å². The molecule has 4 N–H and O–H groups in total. The predicted octanol–water partition coefficient (Wildman–Crippen LogP) is 3.08. The molecule has 1 saturated heterocycles. The summed E-state index contributed by atoms with van der Waals surface area (Å²) in [7, 11) is 1.24. The highest BCUT2D eigenvalue weighted by molar-refractivity contribution is 6.30. The first kappa shape index (κ1) is 26.2. The Hall–Kier alpha value is -3.83. The van der Waals surface area contributed by atoms with Gasteiger partial charge in [0, 0.05) is 41.2 Å². The molecule has 4 amide bonds. The van der Waals surface area contributed by atoms with Crippen LogP contribution in [0.25, 0.3) is 0 Å². The predicted molar refractivity (Wildman–Crippen MR) is 134 cm³/mol. The first-order chi connectivity index (χ1) is 17.6. The molecule has 2 aliphatic heterocycles. The molecular weight excluding hydrogens is 504 g/mol. The maximum absolute atomic E-state index is 13.5. The summed E-state index contributed by atoms with van der Waals surface area (Å²) >= 11 is 6.19. The fraction of sp³-hybridized carbons (Fsp3) is 0.360. The second kappa shape index (κ2) is 10.7. The number of anilines is 2. The van der Waals surface area contributed by atoms with E-state index >= 15 is 0 Å². The zero-order valence-electron chi connectivity index (χ0n) is 20.2. The third-order valence-corrected chi connectivity index (χ3v) is 6.53. The van der Waals surface area contributed by atoms with Crippen LogP contribution in [0.5, 0.6) is 0 Å². The molecule has 2 aromatic carbocycles. The van der Waals surface area contributed by atoms with Crippen LogP contribution in [0.4, 0.5) is 21.0 Å². The van der Waals surface area contributed by atoms with Crippen LogP contribution in [0.1, 0.15) is 35.7 Å². The van der Waals surface area contributed by atoms with E-state index in [1.54, 1.807) is 18.2 Å². The molecule has 0 bridgehead atoms. The molecule has 12 heteroatoms. The number of ether oxygens (including phenoxy) is 2. The minimum atomic E-state index is -1.07. The van der Waals surface area contributed by atoms with Crippen molar-refractivity contribution in [3.8, 4) is 0 Å². The van der Waals surface area contributed by atoms with Crippen LogP contribution in [0.3, 0.4) is 0 Å². The highest BCUT2D eigenvalue weighted by atomic mass is 35.5. The van der Waals surface area contributed by atoms with Gasteiger partial charge in [0.05, 0.1) is 25.4 Å². The Labute approximate surface area is 218 Å². The molecule has 0 aliphatic carbocycles. The van der Waals surface area contributed by atoms with Crippen molar-refractivity contribution in [2.45, 2.75) is 37.5 Å². The summed E-state index contributed by atoms with van der Waals surface area (Å²) in [6, 6.07) is 10.1. The molecule has 2 aromatic rings. The van der Waals surface area contributed by atoms with Gasteiger partial charge in [0.25, 0.3) is 5.91 Å². The summed E-state index contributed by atoms with van der Waals surface area (Å²) in [5.74, 6) is -0.934. The molecule has 11 nitrogen and oxygen atoms in total. The Morgan fingerprint density at radius 3 is 2.65 bits per heavy atom. The molecule has 1 spiro atoms. The molecule has 37 heavy (non-hydrogen) atoms. The molecule has 3 unspecified atom stereocenters. The lowest BCUT2D eigenvalue weighted by Crippen LogP contribution is -2.50. The van der Waals surface area contributed by atoms with Gasteiger partial charge < -0.3 is 24.8 Å². The van der Waals surface area contributed by atoms with E-state index < -0.39 is 41.7 Å². The molecule has 4 rings (SSSR count). The van der Waals surface area contributed by atoms with Crippen LogP contribution in [-0.4, -0.2) is 66.4 Å². The number of hydrogen-bond donors (Lipinski definition) is 4. The van der Waals surface area contributed by atoms with Crippen molar-refractivity contribution in [2.24, 2.45) is 0 Å². The molecular formula is C25H27ClN4O7. The Morgan fingerprint density at radius 2 is 1.97 bits per heavy atom. The van der Waals surface area contributed by atoms with Crippen LogP contribution in [0, 0.1) is 0 Å². The summed E-state index contributed by atoms with van der Waals surface area (Å²) in [6.45, 7) is 1.88. The Kier molecular flexibility index (Phi) is 7.55. The van der Waals surface area contributed by atoms with Crippen LogP contribution in [0.15, 0.2) is 42.5 Å². The SMILES string of the molecule is COC(=O)Nc1ccc(C(=O)NC(CC(C)O)C(=O)N2CCC3(C2)OC(=O)Nc2ccc(Cl)cc23)cc1. The Bertz CT molecular complexity index is 1220. The van der Waals surface area contributed by atoms with Crippen LogP contribution in [-0.2, 0) is 19.9 Å². The largest absolute Gasteiger partial charge is 0.453 e. The number of fused-ring (bicyclic) bond motifs is 2. The lowest BCUT2D eigenvalue weighted by atomic mass is 9.90. The monoisotopic (exact) mass is 530 g/mol.